The molecule has 4 heterocycles. The molecule has 12 nitrogen and oxygen atoms in total. The van der Waals surface area contributed by atoms with E-state index in [0.717, 1.165) is 5.03 Å². The van der Waals surface area contributed by atoms with Crippen LogP contribution in [0.4, 0.5) is 10.6 Å². The Balaban J connectivity index is 1.37. The first kappa shape index (κ1) is 24.6. The lowest BCUT2D eigenvalue weighted by Crippen LogP contribution is -2.38. The molecule has 184 valence electrons. The molecular formula is C20H26N6O6S2. The van der Waals surface area contributed by atoms with Gasteiger partial charge in [0.1, 0.15) is 16.9 Å². The van der Waals surface area contributed by atoms with Crippen molar-refractivity contribution < 1.29 is 28.5 Å². The highest BCUT2D eigenvalue weighted by atomic mass is 33.1. The van der Waals surface area contributed by atoms with Gasteiger partial charge >= 0.3 is 6.09 Å². The summed E-state index contributed by atoms with van der Waals surface area (Å²) in [5.74, 6) is -1.01. The highest BCUT2D eigenvalue weighted by Crippen LogP contribution is 2.44. The van der Waals surface area contributed by atoms with E-state index in [4.69, 9.17) is 30.4 Å². The number of fused-ring (bicyclic) bond motifs is 1. The van der Waals surface area contributed by atoms with Crippen molar-refractivity contribution in [3.8, 4) is 0 Å². The predicted molar refractivity (Wildman–Crippen MR) is 125 cm³/mol. The van der Waals surface area contributed by atoms with Crippen molar-refractivity contribution in [2.24, 2.45) is 5.73 Å². The molecule has 0 aliphatic carbocycles. The van der Waals surface area contributed by atoms with Crippen LogP contribution in [0.1, 0.15) is 30.6 Å². The van der Waals surface area contributed by atoms with Crippen LogP contribution in [0.15, 0.2) is 35.7 Å². The summed E-state index contributed by atoms with van der Waals surface area (Å²) in [6, 6.07) is 5.70. The minimum Gasteiger partial charge on any atom is -0.416 e. The largest absolute Gasteiger partial charge is 0.416 e. The number of hydrogen-bond donors (Lipinski definition) is 2. The molecule has 0 spiro atoms. The summed E-state index contributed by atoms with van der Waals surface area (Å²) in [5.41, 5.74) is 11.3. The maximum Gasteiger partial charge on any atom is 0.411 e. The molecule has 2 fully saturated rings. The Morgan fingerprint density at radius 3 is 2.71 bits per heavy atom. The normalized spacial score (nSPS) is 25.1. The third-order valence-corrected chi connectivity index (χ3v) is 7.39. The maximum absolute atomic E-state index is 12.7. The summed E-state index contributed by atoms with van der Waals surface area (Å²) in [7, 11) is 4.76. The highest BCUT2D eigenvalue weighted by Gasteiger charge is 2.58. The van der Waals surface area contributed by atoms with Crippen LogP contribution in [0.25, 0.3) is 0 Å². The quantitative estimate of drug-likeness (QED) is 0.394. The van der Waals surface area contributed by atoms with Crippen LogP contribution in [-0.2, 0) is 18.9 Å². The number of nitrogens with two attached hydrogens (primary N) is 2. The molecule has 2 saturated heterocycles. The van der Waals surface area contributed by atoms with Gasteiger partial charge < -0.3 is 35.3 Å². The number of hydrogen-bond acceptors (Lipinski definition) is 11. The summed E-state index contributed by atoms with van der Waals surface area (Å²) >= 11 is 0. The first-order valence-corrected chi connectivity index (χ1v) is 12.7. The molecule has 4 atom stereocenters. The number of ether oxygens (including phenoxy) is 4. The van der Waals surface area contributed by atoms with Crippen molar-refractivity contribution in [1.82, 2.24) is 19.4 Å². The number of nitrogen functional groups attached to an aromatic ring is 1. The maximum atomic E-state index is 12.7. The molecule has 2 aromatic rings. The van der Waals surface area contributed by atoms with Gasteiger partial charge in [0.2, 0.25) is 6.29 Å². The van der Waals surface area contributed by atoms with Gasteiger partial charge in [0.05, 0.1) is 6.33 Å². The van der Waals surface area contributed by atoms with Crippen molar-refractivity contribution in [2.75, 3.05) is 25.1 Å². The van der Waals surface area contributed by atoms with E-state index < -0.39 is 42.5 Å². The standard InChI is InChI=1S/C20H26N6O6S2/c1-20(2)31-13-14(32-20)18(29-17(13)26-10-24-12(15(26)21)16(22)27)30-19(28)25(3)8-9-33-34-11-6-4-5-7-23-11/h4-7,10,13-14,17-18H,8-9,21H2,1-3H3,(H2,22,27)/t13-,14-,17-,18-/m1/s1. The van der Waals surface area contributed by atoms with Crippen LogP contribution in [-0.4, -0.2) is 75.1 Å². The van der Waals surface area contributed by atoms with Crippen LogP contribution < -0.4 is 11.5 Å². The van der Waals surface area contributed by atoms with Gasteiger partial charge in [-0.25, -0.2) is 14.8 Å². The van der Waals surface area contributed by atoms with Crippen LogP contribution in [0.5, 0.6) is 0 Å². The van der Waals surface area contributed by atoms with Crippen LogP contribution in [0.2, 0.25) is 0 Å². The van der Waals surface area contributed by atoms with E-state index in [1.165, 1.54) is 26.6 Å². The fourth-order valence-electron chi connectivity index (χ4n) is 3.58. The van der Waals surface area contributed by atoms with Gasteiger partial charge in [0, 0.05) is 25.5 Å². The number of primary amides is 1. The van der Waals surface area contributed by atoms with Gasteiger partial charge in [-0.05, 0) is 36.8 Å². The molecule has 0 radical (unpaired) electrons. The minimum absolute atomic E-state index is 0.0241. The van der Waals surface area contributed by atoms with E-state index in [9.17, 15) is 9.59 Å². The summed E-state index contributed by atoms with van der Waals surface area (Å²) in [6.45, 7) is 3.94. The monoisotopic (exact) mass is 510 g/mol. The van der Waals surface area contributed by atoms with Gasteiger partial charge in [-0.15, -0.1) is 0 Å². The van der Waals surface area contributed by atoms with Gasteiger partial charge in [0.15, 0.2) is 23.8 Å². The number of rotatable bonds is 8. The number of anilines is 1. The molecule has 2 amide bonds. The van der Waals surface area contributed by atoms with Gasteiger partial charge in [-0.1, -0.05) is 16.9 Å². The Morgan fingerprint density at radius 2 is 2.03 bits per heavy atom. The number of carbonyl (C=O) groups excluding carboxylic acids is 2. The second kappa shape index (κ2) is 10.00. The lowest BCUT2D eigenvalue weighted by atomic mass is 10.2. The first-order valence-electron chi connectivity index (χ1n) is 10.4. The molecule has 2 aliphatic rings. The summed E-state index contributed by atoms with van der Waals surface area (Å²) in [6.07, 6.45) is -0.750. The number of aromatic nitrogens is 3. The third-order valence-electron chi connectivity index (χ3n) is 5.15. The fourth-order valence-corrected chi connectivity index (χ4v) is 5.50. The van der Waals surface area contributed by atoms with E-state index in [-0.39, 0.29) is 11.5 Å². The second-order valence-electron chi connectivity index (χ2n) is 8.09. The van der Waals surface area contributed by atoms with Gasteiger partial charge in [-0.2, -0.15) is 0 Å². The second-order valence-corrected chi connectivity index (χ2v) is 10.5. The minimum atomic E-state index is -1.05. The van der Waals surface area contributed by atoms with Crippen LogP contribution >= 0.6 is 21.6 Å². The molecule has 0 unspecified atom stereocenters. The number of amides is 2. The molecule has 0 aromatic carbocycles. The number of nitrogens with zero attached hydrogens (tertiary/aromatic N) is 4. The lowest BCUT2D eigenvalue weighted by molar-refractivity contribution is -0.231. The van der Waals surface area contributed by atoms with Crippen molar-refractivity contribution in [3.05, 3.63) is 36.4 Å². The third kappa shape index (κ3) is 5.25. The fraction of sp³-hybridized carbons (Fsp3) is 0.500. The topological polar surface area (TPSA) is 157 Å². The van der Waals surface area contributed by atoms with Crippen molar-refractivity contribution in [1.29, 1.82) is 0 Å². The molecule has 0 saturated carbocycles. The van der Waals surface area contributed by atoms with Crippen molar-refractivity contribution in [2.45, 2.75) is 49.4 Å². The Kier molecular flexibility index (Phi) is 7.23. The summed E-state index contributed by atoms with van der Waals surface area (Å²) in [5, 5.41) is 0.897. The molecule has 4 rings (SSSR count). The van der Waals surface area contributed by atoms with Crippen molar-refractivity contribution in [3.63, 3.8) is 0 Å². The molecule has 0 bridgehead atoms. The van der Waals surface area contributed by atoms with Gasteiger partial charge in [0.25, 0.3) is 5.91 Å². The number of carbonyl (C=O) groups is 2. The molecule has 2 aromatic heterocycles. The summed E-state index contributed by atoms with van der Waals surface area (Å²) < 4.78 is 24.9. The molecular weight excluding hydrogens is 484 g/mol. The first-order chi connectivity index (χ1) is 16.2. The molecule has 2 aliphatic heterocycles. The zero-order chi connectivity index (χ0) is 24.5. The zero-order valence-corrected chi connectivity index (χ0v) is 20.5. The van der Waals surface area contributed by atoms with E-state index in [1.807, 2.05) is 18.2 Å². The Labute approximate surface area is 204 Å². The Hall–Kier alpha value is -2.52. The van der Waals surface area contributed by atoms with Crippen LogP contribution in [0, 0.1) is 0 Å². The zero-order valence-electron chi connectivity index (χ0n) is 18.8. The molecule has 14 heteroatoms. The van der Waals surface area contributed by atoms with E-state index in [0.29, 0.717) is 12.3 Å². The number of pyridine rings is 1. The van der Waals surface area contributed by atoms with E-state index >= 15 is 0 Å². The van der Waals surface area contributed by atoms with Gasteiger partial charge in [-0.3, -0.25) is 9.36 Å². The highest BCUT2D eigenvalue weighted by molar-refractivity contribution is 8.76. The lowest BCUT2D eigenvalue weighted by Gasteiger charge is -2.26. The van der Waals surface area contributed by atoms with Crippen LogP contribution in [0.3, 0.4) is 0 Å². The van der Waals surface area contributed by atoms with Crippen molar-refractivity contribution >= 4 is 39.4 Å². The number of imidazole rings is 1. The van der Waals surface area contributed by atoms with E-state index in [1.54, 1.807) is 37.9 Å². The molecule has 34 heavy (non-hydrogen) atoms. The SMILES string of the molecule is CN(CCSSc1ccccn1)C(=O)O[C@H]1O[C@@H](n2cnc(C(N)=O)c2N)[C@@H]2OC(C)(C)O[C@@H]12. The smallest absolute Gasteiger partial charge is 0.411 e. The predicted octanol–water partition coefficient (Wildman–Crippen LogP) is 1.84. The average molecular weight is 511 g/mol. The Morgan fingerprint density at radius 1 is 1.26 bits per heavy atom. The average Bonchev–Trinajstić information content (AvgIpc) is 3.42. The van der Waals surface area contributed by atoms with E-state index in [2.05, 4.69) is 9.97 Å². The molecule has 4 N–H and O–H groups in total. The summed E-state index contributed by atoms with van der Waals surface area (Å²) in [4.78, 5) is 33.9. The Bertz CT molecular complexity index is 1040.